The zero-order valence-electron chi connectivity index (χ0n) is 10.9. The molecule has 6 heteroatoms. The number of aromatic nitrogens is 3. The Morgan fingerprint density at radius 2 is 2.28 bits per heavy atom. The number of hydrogen-bond acceptors (Lipinski definition) is 4. The number of rotatable bonds is 4. The maximum Gasteiger partial charge on any atom is 0.304 e. The molecule has 0 spiro atoms. The highest BCUT2D eigenvalue weighted by Crippen LogP contribution is 2.07. The van der Waals surface area contributed by atoms with Crippen molar-refractivity contribution >= 4 is 11.3 Å². The summed E-state index contributed by atoms with van der Waals surface area (Å²) in [4.78, 5) is 18.0. The fraction of sp³-hybridized carbons (Fsp3) is 0.500. The van der Waals surface area contributed by atoms with Crippen LogP contribution < -0.4 is 10.2 Å². The van der Waals surface area contributed by atoms with Gasteiger partial charge < -0.3 is 14.9 Å². The molecule has 2 rings (SSSR count). The molecule has 0 bridgehead atoms. The van der Waals surface area contributed by atoms with Gasteiger partial charge in [-0.1, -0.05) is 11.3 Å². The van der Waals surface area contributed by atoms with Crippen LogP contribution in [0.15, 0.2) is 22.7 Å². The van der Waals surface area contributed by atoms with Crippen LogP contribution in [0.5, 0.6) is 0 Å². The highest BCUT2D eigenvalue weighted by molar-refractivity contribution is 7.07. The monoisotopic (exact) mass is 266 g/mol. The number of hydrogen-bond donors (Lipinski definition) is 2. The van der Waals surface area contributed by atoms with E-state index < -0.39 is 0 Å². The molecule has 2 aromatic rings. The van der Waals surface area contributed by atoms with E-state index in [1.165, 1.54) is 11.3 Å². The lowest BCUT2D eigenvalue weighted by atomic mass is 10.1. The van der Waals surface area contributed by atoms with Crippen molar-refractivity contribution in [1.82, 2.24) is 19.9 Å². The topological polar surface area (TPSA) is 62.7 Å². The van der Waals surface area contributed by atoms with Gasteiger partial charge in [0.15, 0.2) is 0 Å². The van der Waals surface area contributed by atoms with Crippen molar-refractivity contribution in [3.05, 3.63) is 39.0 Å². The van der Waals surface area contributed by atoms with Gasteiger partial charge in [-0.2, -0.15) is 0 Å². The molecule has 98 valence electrons. The average molecular weight is 266 g/mol. The minimum absolute atomic E-state index is 0.0144. The Labute approximate surface area is 110 Å². The molecule has 0 aliphatic heterocycles. The van der Waals surface area contributed by atoms with E-state index in [1.807, 2.05) is 16.1 Å². The summed E-state index contributed by atoms with van der Waals surface area (Å²) in [5.74, 6) is 0. The van der Waals surface area contributed by atoms with Gasteiger partial charge in [-0.05, 0) is 20.8 Å². The number of thiazole rings is 1. The van der Waals surface area contributed by atoms with E-state index in [1.54, 1.807) is 6.33 Å². The molecule has 2 aromatic heterocycles. The van der Waals surface area contributed by atoms with E-state index in [0.29, 0.717) is 6.54 Å². The maximum atomic E-state index is 11.1. The quantitative estimate of drug-likeness (QED) is 0.883. The summed E-state index contributed by atoms with van der Waals surface area (Å²) in [6, 6.07) is 0. The minimum Gasteiger partial charge on any atom is -0.327 e. The fourth-order valence-electron chi connectivity index (χ4n) is 1.57. The summed E-state index contributed by atoms with van der Waals surface area (Å²) in [6.45, 7) is 7.80. The molecule has 0 aliphatic rings. The van der Waals surface area contributed by atoms with Crippen LogP contribution >= 0.6 is 11.3 Å². The summed E-state index contributed by atoms with van der Waals surface area (Å²) in [5.41, 5.74) is 2.10. The van der Waals surface area contributed by atoms with Crippen LogP contribution in [0.3, 0.4) is 0 Å². The highest BCUT2D eigenvalue weighted by atomic mass is 32.1. The first-order chi connectivity index (χ1) is 8.44. The zero-order valence-corrected chi connectivity index (χ0v) is 11.7. The number of nitrogens with one attached hydrogen (secondary N) is 2. The first-order valence-corrected chi connectivity index (χ1v) is 6.73. The van der Waals surface area contributed by atoms with Crippen molar-refractivity contribution in [3.63, 3.8) is 0 Å². The average Bonchev–Trinajstić information content (AvgIpc) is 2.85. The predicted molar refractivity (Wildman–Crippen MR) is 72.9 cm³/mol. The Hall–Kier alpha value is -1.40. The van der Waals surface area contributed by atoms with Gasteiger partial charge in [-0.15, -0.1) is 0 Å². The Kier molecular flexibility index (Phi) is 3.68. The molecule has 5 nitrogen and oxygen atoms in total. The van der Waals surface area contributed by atoms with Gasteiger partial charge in [0.1, 0.15) is 0 Å². The molecule has 0 fully saturated rings. The highest BCUT2D eigenvalue weighted by Gasteiger charge is 2.11. The number of aromatic amines is 1. The van der Waals surface area contributed by atoms with E-state index in [0.717, 1.165) is 17.9 Å². The third-order valence-corrected chi connectivity index (χ3v) is 3.23. The number of imidazole rings is 1. The first-order valence-electron chi connectivity index (χ1n) is 5.85. The van der Waals surface area contributed by atoms with Crippen molar-refractivity contribution in [1.29, 1.82) is 0 Å². The maximum absolute atomic E-state index is 11.1. The lowest BCUT2D eigenvalue weighted by molar-refractivity contribution is 0.416. The SMILES string of the molecule is CC(C)(C)NCc1cncn1Cc1csc(=O)[nH]1. The van der Waals surface area contributed by atoms with Crippen molar-refractivity contribution in [2.75, 3.05) is 0 Å². The first kappa shape index (κ1) is 13.0. The van der Waals surface area contributed by atoms with Gasteiger partial charge >= 0.3 is 4.87 Å². The van der Waals surface area contributed by atoms with E-state index in [4.69, 9.17) is 0 Å². The Balaban J connectivity index is 2.06. The van der Waals surface area contributed by atoms with Gasteiger partial charge in [-0.25, -0.2) is 4.98 Å². The number of nitrogens with zero attached hydrogens (tertiary/aromatic N) is 2. The molecule has 0 aromatic carbocycles. The van der Waals surface area contributed by atoms with Gasteiger partial charge in [0, 0.05) is 29.4 Å². The smallest absolute Gasteiger partial charge is 0.304 e. The van der Waals surface area contributed by atoms with Crippen LogP contribution in [0.2, 0.25) is 0 Å². The van der Waals surface area contributed by atoms with Crippen LogP contribution in [-0.2, 0) is 13.1 Å². The third kappa shape index (κ3) is 3.54. The van der Waals surface area contributed by atoms with Gasteiger partial charge in [0.25, 0.3) is 0 Å². The Morgan fingerprint density at radius 1 is 1.50 bits per heavy atom. The van der Waals surface area contributed by atoms with Crippen molar-refractivity contribution < 1.29 is 0 Å². The molecular weight excluding hydrogens is 248 g/mol. The third-order valence-electron chi connectivity index (χ3n) is 2.51. The summed E-state index contributed by atoms with van der Waals surface area (Å²) in [6.07, 6.45) is 3.64. The summed E-state index contributed by atoms with van der Waals surface area (Å²) < 4.78 is 2.04. The van der Waals surface area contributed by atoms with Crippen molar-refractivity contribution in [2.45, 2.75) is 39.4 Å². The van der Waals surface area contributed by atoms with Crippen molar-refractivity contribution in [2.24, 2.45) is 0 Å². The lowest BCUT2D eigenvalue weighted by Crippen LogP contribution is -2.35. The van der Waals surface area contributed by atoms with Crippen LogP contribution in [-0.4, -0.2) is 20.1 Å². The second-order valence-corrected chi connectivity index (χ2v) is 6.13. The van der Waals surface area contributed by atoms with Crippen LogP contribution in [0, 0.1) is 0 Å². The van der Waals surface area contributed by atoms with E-state index in [9.17, 15) is 4.79 Å². The van der Waals surface area contributed by atoms with Gasteiger partial charge in [-0.3, -0.25) is 4.79 Å². The molecule has 2 N–H and O–H groups in total. The molecule has 0 amide bonds. The van der Waals surface area contributed by atoms with E-state index >= 15 is 0 Å². The molecule has 18 heavy (non-hydrogen) atoms. The molecule has 2 heterocycles. The summed E-state index contributed by atoms with van der Waals surface area (Å²) in [7, 11) is 0. The molecule has 0 aliphatic carbocycles. The molecule has 0 atom stereocenters. The predicted octanol–water partition coefficient (Wildman–Crippen LogP) is 1.57. The van der Waals surface area contributed by atoms with Crippen LogP contribution in [0.4, 0.5) is 0 Å². The Morgan fingerprint density at radius 3 is 2.89 bits per heavy atom. The molecule has 0 unspecified atom stereocenters. The summed E-state index contributed by atoms with van der Waals surface area (Å²) >= 11 is 1.19. The van der Waals surface area contributed by atoms with Crippen molar-refractivity contribution in [3.8, 4) is 0 Å². The van der Waals surface area contributed by atoms with E-state index in [2.05, 4.69) is 36.1 Å². The minimum atomic E-state index is -0.0144. The molecule has 0 saturated heterocycles. The second-order valence-electron chi connectivity index (χ2n) is 5.29. The van der Waals surface area contributed by atoms with Gasteiger partial charge in [0.2, 0.25) is 0 Å². The standard InChI is InChI=1S/C12H18N4OS/c1-12(2,3)14-5-10-4-13-8-16(10)6-9-7-18-11(17)15-9/h4,7-8,14H,5-6H2,1-3H3,(H,15,17). The van der Waals surface area contributed by atoms with Crippen LogP contribution in [0.25, 0.3) is 0 Å². The second kappa shape index (κ2) is 5.07. The largest absolute Gasteiger partial charge is 0.327 e. The lowest BCUT2D eigenvalue weighted by Gasteiger charge is -2.20. The van der Waals surface area contributed by atoms with E-state index in [-0.39, 0.29) is 10.4 Å². The fourth-order valence-corrected chi connectivity index (χ4v) is 2.14. The molecular formula is C12H18N4OS. The summed E-state index contributed by atoms with van der Waals surface area (Å²) in [5, 5.41) is 5.28. The molecule has 0 radical (unpaired) electrons. The van der Waals surface area contributed by atoms with Gasteiger partial charge in [0.05, 0.1) is 18.6 Å². The zero-order chi connectivity index (χ0) is 13.2. The van der Waals surface area contributed by atoms with Crippen LogP contribution in [0.1, 0.15) is 32.2 Å². The normalized spacial score (nSPS) is 11.9. The molecule has 0 saturated carbocycles. The number of H-pyrrole nitrogens is 1. The Bertz CT molecular complexity index is 561.